The first-order chi connectivity index (χ1) is 10.1. The monoisotopic (exact) mass is 387 g/mol. The number of rotatable bonds is 6. The average Bonchev–Trinajstić information content (AvgIpc) is 2.44. The number of halogens is 3. The van der Waals surface area contributed by atoms with Crippen molar-refractivity contribution in [3.63, 3.8) is 0 Å². The Morgan fingerprint density at radius 2 is 1.90 bits per heavy atom. The van der Waals surface area contributed by atoms with E-state index < -0.39 is 0 Å². The van der Waals surface area contributed by atoms with Crippen LogP contribution < -0.4 is 10.1 Å². The summed E-state index contributed by atoms with van der Waals surface area (Å²) in [4.78, 5) is 0. The van der Waals surface area contributed by atoms with E-state index in [1.54, 1.807) is 18.2 Å². The highest BCUT2D eigenvalue weighted by Gasteiger charge is 2.09. The molecule has 0 saturated carbocycles. The van der Waals surface area contributed by atoms with Crippen molar-refractivity contribution < 1.29 is 4.74 Å². The number of benzene rings is 2. The van der Waals surface area contributed by atoms with Crippen LogP contribution in [0.1, 0.15) is 18.9 Å². The predicted octanol–water partition coefficient (Wildman–Crippen LogP) is 6.05. The maximum Gasteiger partial charge on any atom is 0.146 e. The van der Waals surface area contributed by atoms with Crippen LogP contribution in [0, 0.1) is 0 Å². The molecule has 0 heterocycles. The van der Waals surface area contributed by atoms with E-state index in [2.05, 4.69) is 28.2 Å². The van der Waals surface area contributed by atoms with Crippen molar-refractivity contribution in [3.8, 4) is 11.5 Å². The summed E-state index contributed by atoms with van der Waals surface area (Å²) in [7, 11) is 0. The van der Waals surface area contributed by atoms with E-state index in [-0.39, 0.29) is 0 Å². The van der Waals surface area contributed by atoms with Gasteiger partial charge in [-0.05, 0) is 43.3 Å². The van der Waals surface area contributed by atoms with Crippen LogP contribution in [-0.2, 0) is 6.54 Å². The SMILES string of the molecule is CCCNCc1ccc(Br)cc1Oc1ccc(Cl)cc1Cl. The van der Waals surface area contributed by atoms with Gasteiger partial charge in [0.05, 0.1) is 5.02 Å². The van der Waals surface area contributed by atoms with Gasteiger partial charge in [0.15, 0.2) is 0 Å². The zero-order valence-electron chi connectivity index (χ0n) is 11.6. The zero-order chi connectivity index (χ0) is 15.2. The van der Waals surface area contributed by atoms with Crippen molar-refractivity contribution in [3.05, 3.63) is 56.5 Å². The number of ether oxygens (including phenoxy) is 1. The molecule has 2 rings (SSSR count). The fourth-order valence-electron chi connectivity index (χ4n) is 1.85. The Labute approximate surface area is 143 Å². The Hall–Kier alpha value is -0.740. The quantitative estimate of drug-likeness (QED) is 0.608. The van der Waals surface area contributed by atoms with Crippen molar-refractivity contribution in [2.45, 2.75) is 19.9 Å². The van der Waals surface area contributed by atoms with Gasteiger partial charge in [-0.15, -0.1) is 0 Å². The van der Waals surface area contributed by atoms with Gasteiger partial charge >= 0.3 is 0 Å². The summed E-state index contributed by atoms with van der Waals surface area (Å²) in [6, 6.07) is 11.2. The molecule has 0 aromatic heterocycles. The molecule has 0 fully saturated rings. The summed E-state index contributed by atoms with van der Waals surface area (Å²) in [5, 5.41) is 4.46. The third-order valence-electron chi connectivity index (χ3n) is 2.89. The number of nitrogens with one attached hydrogen (secondary N) is 1. The molecule has 0 spiro atoms. The lowest BCUT2D eigenvalue weighted by atomic mass is 10.2. The summed E-state index contributed by atoms with van der Waals surface area (Å²) < 4.78 is 6.91. The molecule has 21 heavy (non-hydrogen) atoms. The van der Waals surface area contributed by atoms with Crippen LogP contribution in [0.4, 0.5) is 0 Å². The van der Waals surface area contributed by atoms with Crippen LogP contribution in [0.2, 0.25) is 10.0 Å². The Morgan fingerprint density at radius 1 is 1.10 bits per heavy atom. The Bertz CT molecular complexity index is 619. The maximum absolute atomic E-state index is 6.16. The summed E-state index contributed by atoms with van der Waals surface area (Å²) in [5.41, 5.74) is 1.08. The van der Waals surface area contributed by atoms with Gasteiger partial charge < -0.3 is 10.1 Å². The summed E-state index contributed by atoms with van der Waals surface area (Å²) in [5.74, 6) is 1.37. The van der Waals surface area contributed by atoms with Crippen molar-refractivity contribution in [1.29, 1.82) is 0 Å². The first kappa shape index (κ1) is 16.6. The Kier molecular flexibility index (Phi) is 6.37. The minimum atomic E-state index is 0.495. The molecular formula is C16H16BrCl2NO. The highest BCUT2D eigenvalue weighted by Crippen LogP contribution is 2.34. The van der Waals surface area contributed by atoms with Gasteiger partial charge in [-0.2, -0.15) is 0 Å². The highest BCUT2D eigenvalue weighted by atomic mass is 79.9. The lowest BCUT2D eigenvalue weighted by molar-refractivity contribution is 0.472. The number of hydrogen-bond acceptors (Lipinski definition) is 2. The molecule has 0 saturated heterocycles. The standard InChI is InChI=1S/C16H16BrCl2NO/c1-2-7-20-10-11-3-4-12(17)8-16(11)21-15-6-5-13(18)9-14(15)19/h3-6,8-9,20H,2,7,10H2,1H3. The third-order valence-corrected chi connectivity index (χ3v) is 3.91. The lowest BCUT2D eigenvalue weighted by Gasteiger charge is -2.13. The van der Waals surface area contributed by atoms with E-state index in [9.17, 15) is 0 Å². The van der Waals surface area contributed by atoms with Gasteiger partial charge in [0.2, 0.25) is 0 Å². The number of hydrogen-bond donors (Lipinski definition) is 1. The summed E-state index contributed by atoms with van der Waals surface area (Å²) in [6.07, 6.45) is 1.09. The second-order valence-electron chi connectivity index (χ2n) is 4.61. The molecule has 2 aromatic rings. The molecule has 112 valence electrons. The van der Waals surface area contributed by atoms with Crippen LogP contribution in [0.3, 0.4) is 0 Å². The summed E-state index contributed by atoms with van der Waals surface area (Å²) in [6.45, 7) is 3.86. The molecule has 5 heteroatoms. The smallest absolute Gasteiger partial charge is 0.146 e. The van der Waals surface area contributed by atoms with Crippen LogP contribution >= 0.6 is 39.1 Å². The van der Waals surface area contributed by atoms with Crippen LogP contribution in [-0.4, -0.2) is 6.54 Å². The van der Waals surface area contributed by atoms with Crippen LogP contribution in [0.5, 0.6) is 11.5 Å². The van der Waals surface area contributed by atoms with Crippen molar-refractivity contribution >= 4 is 39.1 Å². The minimum Gasteiger partial charge on any atom is -0.455 e. The normalized spacial score (nSPS) is 10.7. The largest absolute Gasteiger partial charge is 0.455 e. The van der Waals surface area contributed by atoms with E-state index >= 15 is 0 Å². The zero-order valence-corrected chi connectivity index (χ0v) is 14.7. The molecule has 0 bridgehead atoms. The van der Waals surface area contributed by atoms with E-state index in [1.807, 2.05) is 18.2 Å². The maximum atomic E-state index is 6.16. The van der Waals surface area contributed by atoms with E-state index in [0.29, 0.717) is 15.8 Å². The van der Waals surface area contributed by atoms with E-state index in [1.165, 1.54) is 0 Å². The molecular weight excluding hydrogens is 373 g/mol. The van der Waals surface area contributed by atoms with Gasteiger partial charge in [-0.3, -0.25) is 0 Å². The molecule has 2 nitrogen and oxygen atoms in total. The highest BCUT2D eigenvalue weighted by molar-refractivity contribution is 9.10. The topological polar surface area (TPSA) is 21.3 Å². The van der Waals surface area contributed by atoms with Gasteiger partial charge in [-0.1, -0.05) is 52.1 Å². The third kappa shape index (κ3) is 4.89. The molecule has 2 aromatic carbocycles. The molecule has 0 unspecified atom stereocenters. The molecule has 1 N–H and O–H groups in total. The fourth-order valence-corrected chi connectivity index (χ4v) is 2.63. The summed E-state index contributed by atoms with van der Waals surface area (Å²) >= 11 is 15.5. The molecule has 0 radical (unpaired) electrons. The van der Waals surface area contributed by atoms with Gasteiger partial charge in [0.25, 0.3) is 0 Å². The average molecular weight is 389 g/mol. The Balaban J connectivity index is 2.22. The second-order valence-corrected chi connectivity index (χ2v) is 6.36. The lowest BCUT2D eigenvalue weighted by Crippen LogP contribution is -2.14. The van der Waals surface area contributed by atoms with Crippen LogP contribution in [0.15, 0.2) is 40.9 Å². The molecule has 0 atom stereocenters. The fraction of sp³-hybridized carbons (Fsp3) is 0.250. The van der Waals surface area contributed by atoms with Gasteiger partial charge in [-0.25, -0.2) is 0 Å². The minimum absolute atomic E-state index is 0.495. The first-order valence-electron chi connectivity index (χ1n) is 6.72. The first-order valence-corrected chi connectivity index (χ1v) is 8.27. The predicted molar refractivity (Wildman–Crippen MR) is 92.7 cm³/mol. The van der Waals surface area contributed by atoms with Gasteiger partial charge in [0.1, 0.15) is 11.5 Å². The Morgan fingerprint density at radius 3 is 2.62 bits per heavy atom. The van der Waals surface area contributed by atoms with Crippen molar-refractivity contribution in [1.82, 2.24) is 5.32 Å². The van der Waals surface area contributed by atoms with Crippen LogP contribution in [0.25, 0.3) is 0 Å². The van der Waals surface area contributed by atoms with E-state index in [0.717, 1.165) is 35.3 Å². The van der Waals surface area contributed by atoms with Gasteiger partial charge in [0, 0.05) is 21.6 Å². The molecule has 0 aliphatic heterocycles. The molecule has 0 aliphatic carbocycles. The molecule has 0 aliphatic rings. The second kappa shape index (κ2) is 8.04. The van der Waals surface area contributed by atoms with Crippen molar-refractivity contribution in [2.24, 2.45) is 0 Å². The molecule has 0 amide bonds. The van der Waals surface area contributed by atoms with Crippen molar-refractivity contribution in [2.75, 3.05) is 6.54 Å². The van der Waals surface area contributed by atoms with E-state index in [4.69, 9.17) is 27.9 Å².